The first-order valence-corrected chi connectivity index (χ1v) is 5.18. The zero-order valence-corrected chi connectivity index (χ0v) is 8.35. The molecule has 0 amide bonds. The monoisotopic (exact) mass is 193 g/mol. The van der Waals surface area contributed by atoms with Crippen LogP contribution in [0.5, 0.6) is 0 Å². The summed E-state index contributed by atoms with van der Waals surface area (Å²) in [6.45, 7) is 3.43. The fraction of sp³-hybridized carbons (Fsp3) is 0.778. The zero-order chi connectivity index (χ0) is 9.54. The van der Waals surface area contributed by atoms with Crippen LogP contribution in [0.2, 0.25) is 0 Å². The fourth-order valence-electron chi connectivity index (χ4n) is 2.68. The first-order valence-electron chi connectivity index (χ1n) is 5.18. The van der Waals surface area contributed by atoms with Gasteiger partial charge in [0.15, 0.2) is 0 Å². The summed E-state index contributed by atoms with van der Waals surface area (Å²) in [6.07, 6.45) is 3.16. The Labute approximate surface area is 83.1 Å². The Kier molecular flexibility index (Phi) is 1.73. The zero-order valence-electron chi connectivity index (χ0n) is 8.35. The molecule has 0 aliphatic carbocycles. The van der Waals surface area contributed by atoms with Crippen LogP contribution < -0.4 is 10.2 Å². The van der Waals surface area contributed by atoms with E-state index in [1.165, 1.54) is 13.0 Å². The highest BCUT2D eigenvalue weighted by Gasteiger charge is 2.38. The first kappa shape index (κ1) is 8.23. The maximum absolute atomic E-state index is 3.98. The molecule has 3 rings (SSSR count). The lowest BCUT2D eigenvalue weighted by Gasteiger charge is -2.24. The number of fused-ring (bicyclic) bond motifs is 1. The maximum atomic E-state index is 3.98. The van der Waals surface area contributed by atoms with E-state index in [1.807, 2.05) is 17.9 Å². The summed E-state index contributed by atoms with van der Waals surface area (Å²) in [7, 11) is 1.96. The van der Waals surface area contributed by atoms with E-state index >= 15 is 0 Å². The van der Waals surface area contributed by atoms with Gasteiger partial charge in [0.2, 0.25) is 0 Å². The molecule has 2 fully saturated rings. The average Bonchev–Trinajstić information content (AvgIpc) is 2.78. The third-order valence-corrected chi connectivity index (χ3v) is 3.43. The minimum absolute atomic E-state index is 0.659. The summed E-state index contributed by atoms with van der Waals surface area (Å²) >= 11 is 0. The number of aromatic nitrogens is 3. The predicted molar refractivity (Wildman–Crippen MR) is 53.1 cm³/mol. The number of rotatable bonds is 1. The molecule has 0 spiro atoms. The molecule has 0 saturated carbocycles. The summed E-state index contributed by atoms with van der Waals surface area (Å²) in [4.78, 5) is 2.44. The summed E-state index contributed by atoms with van der Waals surface area (Å²) in [5.41, 5.74) is 0. The molecule has 0 radical (unpaired) electrons. The lowest BCUT2D eigenvalue weighted by Crippen LogP contribution is -2.35. The molecule has 1 aromatic rings. The summed E-state index contributed by atoms with van der Waals surface area (Å²) < 4.78 is 1.86. The molecule has 14 heavy (non-hydrogen) atoms. The van der Waals surface area contributed by atoms with Crippen LogP contribution in [-0.2, 0) is 7.05 Å². The number of nitrogens with one attached hydrogen (secondary N) is 1. The molecule has 2 aliphatic rings. The molecule has 0 bridgehead atoms. The van der Waals surface area contributed by atoms with Crippen molar-refractivity contribution >= 4 is 5.82 Å². The van der Waals surface area contributed by atoms with Gasteiger partial charge in [-0.3, -0.25) is 0 Å². The van der Waals surface area contributed by atoms with Crippen LogP contribution in [0.4, 0.5) is 5.82 Å². The van der Waals surface area contributed by atoms with Gasteiger partial charge in [-0.15, -0.1) is 5.10 Å². The van der Waals surface area contributed by atoms with Crippen LogP contribution in [0.3, 0.4) is 0 Å². The Morgan fingerprint density at radius 3 is 3.21 bits per heavy atom. The van der Waals surface area contributed by atoms with E-state index in [1.54, 1.807) is 0 Å². The molecule has 2 saturated heterocycles. The lowest BCUT2D eigenvalue weighted by molar-refractivity contribution is 0.572. The maximum Gasteiger partial charge on any atom is 0.147 e. The van der Waals surface area contributed by atoms with Gasteiger partial charge >= 0.3 is 0 Å². The van der Waals surface area contributed by atoms with Gasteiger partial charge < -0.3 is 10.2 Å². The molecule has 0 aromatic carbocycles. The Bertz CT molecular complexity index is 334. The van der Waals surface area contributed by atoms with Crippen molar-refractivity contribution in [3.63, 3.8) is 0 Å². The Morgan fingerprint density at radius 2 is 2.43 bits per heavy atom. The van der Waals surface area contributed by atoms with Crippen molar-refractivity contribution in [1.29, 1.82) is 0 Å². The Balaban J connectivity index is 1.89. The first-order chi connectivity index (χ1) is 6.86. The van der Waals surface area contributed by atoms with Crippen LogP contribution in [0.25, 0.3) is 0 Å². The normalized spacial score (nSPS) is 31.1. The van der Waals surface area contributed by atoms with Gasteiger partial charge in [-0.05, 0) is 12.3 Å². The SMILES string of the molecule is Cn1nncc1N1CC[C@@H]2CNC[C@@H]21. The molecule has 1 N–H and O–H groups in total. The fourth-order valence-corrected chi connectivity index (χ4v) is 2.68. The van der Waals surface area contributed by atoms with Gasteiger partial charge in [-0.25, -0.2) is 4.68 Å². The molecule has 2 atom stereocenters. The second-order valence-electron chi connectivity index (χ2n) is 4.18. The second-order valence-corrected chi connectivity index (χ2v) is 4.18. The highest BCUT2D eigenvalue weighted by atomic mass is 15.5. The van der Waals surface area contributed by atoms with Crippen LogP contribution >= 0.6 is 0 Å². The summed E-state index contributed by atoms with van der Waals surface area (Å²) in [6, 6.07) is 0.659. The molecular formula is C9H15N5. The van der Waals surface area contributed by atoms with E-state index < -0.39 is 0 Å². The van der Waals surface area contributed by atoms with E-state index in [2.05, 4.69) is 20.5 Å². The van der Waals surface area contributed by atoms with Gasteiger partial charge in [0, 0.05) is 32.7 Å². The van der Waals surface area contributed by atoms with Crippen molar-refractivity contribution < 1.29 is 0 Å². The highest BCUT2D eigenvalue weighted by molar-refractivity contribution is 5.40. The molecule has 1 aromatic heterocycles. The van der Waals surface area contributed by atoms with Crippen LogP contribution in [0.1, 0.15) is 6.42 Å². The van der Waals surface area contributed by atoms with Crippen molar-refractivity contribution in [2.24, 2.45) is 13.0 Å². The summed E-state index contributed by atoms with van der Waals surface area (Å²) in [5, 5.41) is 11.4. The summed E-state index contributed by atoms with van der Waals surface area (Å²) in [5.74, 6) is 1.98. The lowest BCUT2D eigenvalue weighted by atomic mass is 10.1. The topological polar surface area (TPSA) is 46.0 Å². The molecule has 0 unspecified atom stereocenters. The number of aryl methyl sites for hydroxylation is 1. The van der Waals surface area contributed by atoms with Crippen LogP contribution in [-0.4, -0.2) is 40.7 Å². The quantitative estimate of drug-likeness (QED) is 0.660. The van der Waals surface area contributed by atoms with E-state index in [0.29, 0.717) is 6.04 Å². The predicted octanol–water partition coefficient (Wildman–Crippen LogP) is -0.387. The van der Waals surface area contributed by atoms with Crippen LogP contribution in [0.15, 0.2) is 6.20 Å². The van der Waals surface area contributed by atoms with Crippen molar-refractivity contribution in [2.75, 3.05) is 24.5 Å². The van der Waals surface area contributed by atoms with E-state index in [4.69, 9.17) is 0 Å². The second kappa shape index (κ2) is 2.95. The smallest absolute Gasteiger partial charge is 0.147 e. The number of anilines is 1. The van der Waals surface area contributed by atoms with Gasteiger partial charge in [0.05, 0.1) is 6.20 Å². The van der Waals surface area contributed by atoms with Crippen molar-refractivity contribution in [2.45, 2.75) is 12.5 Å². The van der Waals surface area contributed by atoms with Crippen molar-refractivity contribution in [1.82, 2.24) is 20.3 Å². The van der Waals surface area contributed by atoms with E-state index in [9.17, 15) is 0 Å². The molecule has 2 aliphatic heterocycles. The number of hydrogen-bond acceptors (Lipinski definition) is 4. The molecule has 5 nitrogen and oxygen atoms in total. The third-order valence-electron chi connectivity index (χ3n) is 3.43. The molecule has 3 heterocycles. The minimum Gasteiger partial charge on any atom is -0.351 e. The number of hydrogen-bond donors (Lipinski definition) is 1. The molecular weight excluding hydrogens is 178 g/mol. The van der Waals surface area contributed by atoms with Gasteiger partial charge in [0.25, 0.3) is 0 Å². The van der Waals surface area contributed by atoms with Crippen molar-refractivity contribution in [3.8, 4) is 0 Å². The third kappa shape index (κ3) is 1.05. The van der Waals surface area contributed by atoms with E-state index in [0.717, 1.165) is 24.8 Å². The molecule has 5 heteroatoms. The van der Waals surface area contributed by atoms with Crippen molar-refractivity contribution in [3.05, 3.63) is 6.20 Å². The molecule has 76 valence electrons. The largest absolute Gasteiger partial charge is 0.351 e. The Morgan fingerprint density at radius 1 is 1.50 bits per heavy atom. The van der Waals surface area contributed by atoms with Gasteiger partial charge in [-0.1, -0.05) is 5.21 Å². The minimum atomic E-state index is 0.659. The average molecular weight is 193 g/mol. The van der Waals surface area contributed by atoms with Gasteiger partial charge in [0.1, 0.15) is 5.82 Å². The highest BCUT2D eigenvalue weighted by Crippen LogP contribution is 2.30. The Hall–Kier alpha value is -1.10. The van der Waals surface area contributed by atoms with E-state index in [-0.39, 0.29) is 0 Å². The van der Waals surface area contributed by atoms with Gasteiger partial charge in [-0.2, -0.15) is 0 Å². The standard InChI is InChI=1S/C9H15N5/c1-13-9(6-11-12-13)14-3-2-7-4-10-5-8(7)14/h6-8,10H,2-5H2,1H3/t7-,8+/m1/s1. The number of nitrogens with zero attached hydrogens (tertiary/aromatic N) is 4. The van der Waals surface area contributed by atoms with Crippen LogP contribution in [0, 0.1) is 5.92 Å².